The highest BCUT2D eigenvalue weighted by Gasteiger charge is 2.57. The lowest BCUT2D eigenvalue weighted by Gasteiger charge is -2.42. The molecule has 2 N–H and O–H groups in total. The van der Waals surface area contributed by atoms with Gasteiger partial charge in [0.2, 0.25) is 5.89 Å². The second-order valence-electron chi connectivity index (χ2n) is 13.4. The third kappa shape index (κ3) is 6.27. The van der Waals surface area contributed by atoms with Gasteiger partial charge < -0.3 is 19.5 Å². The van der Waals surface area contributed by atoms with Crippen LogP contribution in [0.3, 0.4) is 0 Å². The van der Waals surface area contributed by atoms with E-state index in [1.165, 1.54) is 31.3 Å². The number of aliphatic hydroxyl groups excluding tert-OH is 2. The van der Waals surface area contributed by atoms with E-state index in [-0.39, 0.29) is 22.9 Å². The Morgan fingerprint density at radius 3 is 2.76 bits per heavy atom. The highest BCUT2D eigenvalue weighted by molar-refractivity contribution is 5.69. The average Bonchev–Trinajstić information content (AvgIpc) is 3.49. The van der Waals surface area contributed by atoms with Crippen LogP contribution in [-0.4, -0.2) is 44.6 Å². The number of rotatable bonds is 11. The predicted octanol–water partition coefficient (Wildman–Crippen LogP) is 6.69. The molecule has 1 heterocycles. The van der Waals surface area contributed by atoms with Crippen molar-refractivity contribution >= 4 is 5.97 Å². The fourth-order valence-electron chi connectivity index (χ4n) is 8.11. The van der Waals surface area contributed by atoms with Crippen LogP contribution in [0.25, 0.3) is 0 Å². The molecule has 6 atom stereocenters. The van der Waals surface area contributed by atoms with Crippen LogP contribution in [-0.2, 0) is 21.4 Å². The fourth-order valence-corrected chi connectivity index (χ4v) is 8.11. The van der Waals surface area contributed by atoms with Gasteiger partial charge in [0.05, 0.1) is 17.6 Å². The molecule has 0 radical (unpaired) electrons. The molecular weight excluding hydrogens is 516 g/mol. The van der Waals surface area contributed by atoms with Crippen LogP contribution in [0.1, 0.15) is 122 Å². The van der Waals surface area contributed by atoms with Crippen molar-refractivity contribution in [3.05, 3.63) is 47.2 Å². The first kappa shape index (κ1) is 30.2. The smallest absolute Gasteiger partial charge is 0.305 e. The Balaban J connectivity index is 1.24. The molecule has 4 saturated carbocycles. The topological polar surface area (TPSA) is 106 Å². The van der Waals surface area contributed by atoms with Gasteiger partial charge in [-0.3, -0.25) is 4.79 Å². The summed E-state index contributed by atoms with van der Waals surface area (Å²) < 4.78 is 11.8. The Labute approximate surface area is 245 Å². The molecule has 4 unspecified atom stereocenters. The fraction of sp³-hybridized carbons (Fsp3) is 0.735. The summed E-state index contributed by atoms with van der Waals surface area (Å²) in [6.07, 6.45) is 17.0. The molecule has 0 bridgehead atoms. The summed E-state index contributed by atoms with van der Waals surface area (Å²) in [5, 5.41) is 24.6. The van der Waals surface area contributed by atoms with Crippen molar-refractivity contribution in [1.29, 1.82) is 0 Å². The molecular formula is C34H50N2O5. The van der Waals surface area contributed by atoms with Gasteiger partial charge in [-0.05, 0) is 105 Å². The summed E-state index contributed by atoms with van der Waals surface area (Å²) in [5.41, 5.74) is 3.21. The Morgan fingerprint density at radius 1 is 1.22 bits per heavy atom. The lowest BCUT2D eigenvalue weighted by atomic mass is 9.62. The lowest BCUT2D eigenvalue weighted by Crippen LogP contribution is -2.34. The van der Waals surface area contributed by atoms with Crippen LogP contribution in [0.4, 0.5) is 0 Å². The molecule has 1 aromatic heterocycles. The standard InChI is InChI=1S/C34H50N2O5/c1-5-9-30-35-32(41-36-30)34(18-19-34)29(40-31(39)6-2)12-7-11-25-15-16-27-23(10-8-17-33(25,27)4)13-14-24-20-26(37)21-28(38)22(24)3/h13-14,25-29,37-38H,3,5-12,15-21H2,1-2,4H3/b23-13+,24-14-/t25?,26-,27?,28+,29?,33?/m1/s1. The zero-order valence-corrected chi connectivity index (χ0v) is 25.4. The number of aromatic nitrogens is 2. The normalized spacial score (nSPS) is 33.6. The van der Waals surface area contributed by atoms with E-state index in [1.807, 2.05) is 6.92 Å². The number of hydrogen-bond acceptors (Lipinski definition) is 7. The summed E-state index contributed by atoms with van der Waals surface area (Å²) in [6, 6.07) is 0. The molecule has 0 spiro atoms. The molecule has 4 aliphatic rings. The average molecular weight is 567 g/mol. The van der Waals surface area contributed by atoms with Crippen molar-refractivity contribution in [3.8, 4) is 0 Å². The van der Waals surface area contributed by atoms with Crippen molar-refractivity contribution in [2.24, 2.45) is 17.3 Å². The lowest BCUT2D eigenvalue weighted by molar-refractivity contribution is -0.151. The van der Waals surface area contributed by atoms with Gasteiger partial charge >= 0.3 is 5.97 Å². The van der Waals surface area contributed by atoms with Gasteiger partial charge in [0.15, 0.2) is 5.82 Å². The molecule has 41 heavy (non-hydrogen) atoms. The minimum absolute atomic E-state index is 0.153. The van der Waals surface area contributed by atoms with Crippen molar-refractivity contribution in [3.63, 3.8) is 0 Å². The SMILES string of the molecule is C=C1/C(=C\C=C2/CCCC3(C)C(CCCC(OC(=O)CC)C4(c5nc(CCC)no5)CC4)CCC23)C[C@@H](O)C[C@@H]1O. The Kier molecular flexibility index (Phi) is 9.25. The van der Waals surface area contributed by atoms with Crippen LogP contribution in [0.2, 0.25) is 0 Å². The number of hydrogen-bond donors (Lipinski definition) is 2. The maximum atomic E-state index is 12.4. The van der Waals surface area contributed by atoms with Crippen LogP contribution < -0.4 is 0 Å². The molecule has 7 nitrogen and oxygen atoms in total. The molecule has 226 valence electrons. The number of carbonyl (C=O) groups excluding carboxylic acids is 1. The predicted molar refractivity (Wildman–Crippen MR) is 158 cm³/mol. The quantitative estimate of drug-likeness (QED) is 0.288. The second kappa shape index (κ2) is 12.5. The number of aryl methyl sites for hydroxylation is 1. The number of fused-ring (bicyclic) bond motifs is 1. The van der Waals surface area contributed by atoms with E-state index in [4.69, 9.17) is 14.2 Å². The summed E-state index contributed by atoms with van der Waals surface area (Å²) in [4.78, 5) is 17.1. The number of carbonyl (C=O) groups is 1. The van der Waals surface area contributed by atoms with E-state index in [0.29, 0.717) is 37.0 Å². The molecule has 7 heteroatoms. The largest absolute Gasteiger partial charge is 0.461 e. The highest BCUT2D eigenvalue weighted by atomic mass is 16.5. The maximum absolute atomic E-state index is 12.4. The number of aliphatic hydroxyl groups is 2. The third-order valence-electron chi connectivity index (χ3n) is 10.8. The Hall–Kier alpha value is -2.25. The maximum Gasteiger partial charge on any atom is 0.305 e. The monoisotopic (exact) mass is 566 g/mol. The molecule has 0 saturated heterocycles. The number of esters is 1. The Bertz CT molecular complexity index is 1160. The summed E-state index contributed by atoms with van der Waals surface area (Å²) in [6.45, 7) is 10.5. The molecule has 5 rings (SSSR count). The third-order valence-corrected chi connectivity index (χ3v) is 10.8. The zero-order valence-electron chi connectivity index (χ0n) is 25.4. The van der Waals surface area contributed by atoms with Gasteiger partial charge in [0, 0.05) is 19.3 Å². The van der Waals surface area contributed by atoms with Gasteiger partial charge in [0.25, 0.3) is 0 Å². The van der Waals surface area contributed by atoms with Gasteiger partial charge in [-0.15, -0.1) is 0 Å². The molecule has 4 aliphatic carbocycles. The first-order valence-electron chi connectivity index (χ1n) is 16.2. The zero-order chi connectivity index (χ0) is 29.2. The van der Waals surface area contributed by atoms with Crippen molar-refractivity contribution in [1.82, 2.24) is 10.1 Å². The molecule has 4 fully saturated rings. The first-order valence-corrected chi connectivity index (χ1v) is 16.2. The van der Waals surface area contributed by atoms with E-state index in [9.17, 15) is 15.0 Å². The minimum Gasteiger partial charge on any atom is -0.461 e. The summed E-state index contributed by atoms with van der Waals surface area (Å²) in [7, 11) is 0. The number of nitrogens with zero attached hydrogens (tertiary/aromatic N) is 2. The Morgan fingerprint density at radius 2 is 2.02 bits per heavy atom. The van der Waals surface area contributed by atoms with E-state index in [2.05, 4.69) is 37.7 Å². The van der Waals surface area contributed by atoms with Gasteiger partial charge in [-0.1, -0.05) is 50.2 Å². The molecule has 0 aromatic carbocycles. The van der Waals surface area contributed by atoms with Crippen LogP contribution in [0, 0.1) is 17.3 Å². The molecule has 0 aliphatic heterocycles. The van der Waals surface area contributed by atoms with Crippen molar-refractivity contribution in [2.45, 2.75) is 141 Å². The second-order valence-corrected chi connectivity index (χ2v) is 13.4. The van der Waals surface area contributed by atoms with Crippen molar-refractivity contribution < 1.29 is 24.3 Å². The van der Waals surface area contributed by atoms with E-state index in [0.717, 1.165) is 68.3 Å². The van der Waals surface area contributed by atoms with E-state index in [1.54, 1.807) is 0 Å². The number of allylic oxidation sites excluding steroid dienone is 3. The van der Waals surface area contributed by atoms with Crippen molar-refractivity contribution in [2.75, 3.05) is 0 Å². The molecule has 1 aromatic rings. The molecule has 0 amide bonds. The van der Waals surface area contributed by atoms with Crippen LogP contribution >= 0.6 is 0 Å². The van der Waals surface area contributed by atoms with Crippen LogP contribution in [0.5, 0.6) is 0 Å². The van der Waals surface area contributed by atoms with Gasteiger partial charge in [0.1, 0.15) is 6.10 Å². The van der Waals surface area contributed by atoms with Gasteiger partial charge in [-0.25, -0.2) is 0 Å². The summed E-state index contributed by atoms with van der Waals surface area (Å²) in [5.74, 6) is 2.47. The van der Waals surface area contributed by atoms with E-state index >= 15 is 0 Å². The first-order chi connectivity index (χ1) is 19.7. The van der Waals surface area contributed by atoms with Gasteiger partial charge in [-0.2, -0.15) is 4.98 Å². The highest BCUT2D eigenvalue weighted by Crippen LogP contribution is 2.59. The van der Waals surface area contributed by atoms with Crippen LogP contribution in [0.15, 0.2) is 40.0 Å². The summed E-state index contributed by atoms with van der Waals surface area (Å²) >= 11 is 0. The minimum atomic E-state index is -0.649. The number of ether oxygens (including phenoxy) is 1. The van der Waals surface area contributed by atoms with E-state index < -0.39 is 12.2 Å².